The number of carbonyl (C=O) groups excluding carboxylic acids is 1. The van der Waals surface area contributed by atoms with Gasteiger partial charge in [0.1, 0.15) is 4.88 Å². The third kappa shape index (κ3) is 3.00. The predicted molar refractivity (Wildman–Crippen MR) is 82.5 cm³/mol. The normalized spacial score (nSPS) is 19.0. The zero-order valence-corrected chi connectivity index (χ0v) is 13.3. The molecule has 1 amide bonds. The van der Waals surface area contributed by atoms with Crippen LogP contribution in [0.15, 0.2) is 18.5 Å². The van der Waals surface area contributed by atoms with Gasteiger partial charge in [0.2, 0.25) is 0 Å². The number of piperidine rings is 1. The van der Waals surface area contributed by atoms with E-state index >= 15 is 0 Å². The Morgan fingerprint density at radius 1 is 1.43 bits per heavy atom. The molecule has 0 spiro atoms. The molecule has 0 bridgehead atoms. The zero-order chi connectivity index (χ0) is 14.8. The van der Waals surface area contributed by atoms with Crippen molar-refractivity contribution in [2.45, 2.75) is 45.7 Å². The number of aryl methyl sites for hydroxylation is 2. The van der Waals surface area contributed by atoms with E-state index in [1.807, 2.05) is 35.7 Å². The molecule has 1 aliphatic rings. The quantitative estimate of drug-likeness (QED) is 0.876. The van der Waals surface area contributed by atoms with Crippen molar-refractivity contribution in [2.24, 2.45) is 0 Å². The Morgan fingerprint density at radius 3 is 2.95 bits per heavy atom. The summed E-state index contributed by atoms with van der Waals surface area (Å²) in [6, 6.07) is 2.15. The first-order valence-electron chi connectivity index (χ1n) is 7.37. The van der Waals surface area contributed by atoms with E-state index in [2.05, 4.69) is 10.1 Å². The highest BCUT2D eigenvalue weighted by Crippen LogP contribution is 2.25. The van der Waals surface area contributed by atoms with E-state index in [9.17, 15) is 4.79 Å². The zero-order valence-electron chi connectivity index (χ0n) is 12.5. The van der Waals surface area contributed by atoms with Gasteiger partial charge in [-0.15, -0.1) is 11.3 Å². The minimum atomic E-state index is 0.134. The standard InChI is InChI=1S/C15H20N4OS/c1-11-14(21-12(2)17-11)15(20)19-9-4-3-6-13(19)10-18-8-5-7-16-18/h5,7-8,13H,3-4,6,9-10H2,1-2H3/t13-/m0/s1. The Labute approximate surface area is 128 Å². The summed E-state index contributed by atoms with van der Waals surface area (Å²) >= 11 is 1.50. The van der Waals surface area contributed by atoms with Crippen LogP contribution < -0.4 is 0 Å². The first-order valence-corrected chi connectivity index (χ1v) is 8.19. The third-order valence-electron chi connectivity index (χ3n) is 3.94. The number of rotatable bonds is 3. The van der Waals surface area contributed by atoms with Gasteiger partial charge in [0.15, 0.2) is 0 Å². The van der Waals surface area contributed by atoms with E-state index in [0.717, 1.165) is 41.5 Å². The molecule has 0 unspecified atom stereocenters. The molecule has 3 heterocycles. The van der Waals surface area contributed by atoms with E-state index in [1.165, 1.54) is 17.8 Å². The molecule has 5 nitrogen and oxygen atoms in total. The topological polar surface area (TPSA) is 51.0 Å². The number of thiazole rings is 1. The van der Waals surface area contributed by atoms with Crippen molar-refractivity contribution in [3.63, 3.8) is 0 Å². The molecule has 21 heavy (non-hydrogen) atoms. The third-order valence-corrected chi connectivity index (χ3v) is 5.00. The summed E-state index contributed by atoms with van der Waals surface area (Å²) in [5.41, 5.74) is 0.853. The van der Waals surface area contributed by atoms with E-state index in [-0.39, 0.29) is 11.9 Å². The van der Waals surface area contributed by atoms with Gasteiger partial charge >= 0.3 is 0 Å². The lowest BCUT2D eigenvalue weighted by Crippen LogP contribution is -2.45. The number of aromatic nitrogens is 3. The summed E-state index contributed by atoms with van der Waals surface area (Å²) in [6.45, 7) is 5.48. The summed E-state index contributed by atoms with van der Waals surface area (Å²) in [6.07, 6.45) is 7.04. The highest BCUT2D eigenvalue weighted by atomic mass is 32.1. The van der Waals surface area contributed by atoms with Gasteiger partial charge < -0.3 is 4.90 Å². The first-order chi connectivity index (χ1) is 10.1. The largest absolute Gasteiger partial charge is 0.333 e. The Balaban J connectivity index is 1.80. The first kappa shape index (κ1) is 14.3. The van der Waals surface area contributed by atoms with Crippen LogP contribution in [0.5, 0.6) is 0 Å². The lowest BCUT2D eigenvalue weighted by Gasteiger charge is -2.35. The lowest BCUT2D eigenvalue weighted by molar-refractivity contribution is 0.0588. The van der Waals surface area contributed by atoms with Crippen LogP contribution in [0.4, 0.5) is 0 Å². The number of hydrogen-bond donors (Lipinski definition) is 0. The number of hydrogen-bond acceptors (Lipinski definition) is 4. The monoisotopic (exact) mass is 304 g/mol. The molecule has 1 aliphatic heterocycles. The van der Waals surface area contributed by atoms with Crippen molar-refractivity contribution in [2.75, 3.05) is 6.54 Å². The smallest absolute Gasteiger partial charge is 0.266 e. The van der Waals surface area contributed by atoms with Gasteiger partial charge in [-0.25, -0.2) is 4.98 Å². The molecule has 2 aromatic rings. The fraction of sp³-hybridized carbons (Fsp3) is 0.533. The van der Waals surface area contributed by atoms with Gasteiger partial charge in [-0.1, -0.05) is 0 Å². The molecule has 0 aromatic carbocycles. The molecule has 0 saturated carbocycles. The van der Waals surface area contributed by atoms with Gasteiger partial charge in [0.25, 0.3) is 5.91 Å². The molecule has 2 aromatic heterocycles. The Morgan fingerprint density at radius 2 is 2.29 bits per heavy atom. The molecule has 112 valence electrons. The SMILES string of the molecule is Cc1nc(C)c(C(=O)N2CCCC[C@H]2Cn2cccn2)s1. The second kappa shape index (κ2) is 5.97. The molecule has 6 heteroatoms. The van der Waals surface area contributed by atoms with Crippen molar-refractivity contribution < 1.29 is 4.79 Å². The Kier molecular flexibility index (Phi) is 4.05. The van der Waals surface area contributed by atoms with Crippen LogP contribution in [0.2, 0.25) is 0 Å². The van der Waals surface area contributed by atoms with E-state index in [1.54, 1.807) is 6.20 Å². The molecular weight excluding hydrogens is 284 g/mol. The summed E-state index contributed by atoms with van der Waals surface area (Å²) in [5.74, 6) is 0.134. The number of amides is 1. The number of nitrogens with zero attached hydrogens (tertiary/aromatic N) is 4. The maximum Gasteiger partial charge on any atom is 0.266 e. The molecule has 0 radical (unpaired) electrons. The van der Waals surface area contributed by atoms with Gasteiger partial charge in [0, 0.05) is 18.9 Å². The highest BCUT2D eigenvalue weighted by molar-refractivity contribution is 7.13. The number of likely N-dealkylation sites (tertiary alicyclic amines) is 1. The van der Waals surface area contributed by atoms with Crippen LogP contribution in [0.3, 0.4) is 0 Å². The van der Waals surface area contributed by atoms with E-state index < -0.39 is 0 Å². The molecule has 1 fully saturated rings. The van der Waals surface area contributed by atoms with E-state index in [4.69, 9.17) is 0 Å². The van der Waals surface area contributed by atoms with E-state index in [0.29, 0.717) is 0 Å². The minimum Gasteiger partial charge on any atom is -0.333 e. The maximum absolute atomic E-state index is 12.8. The van der Waals surface area contributed by atoms with Crippen LogP contribution in [-0.4, -0.2) is 38.2 Å². The Hall–Kier alpha value is -1.69. The average molecular weight is 304 g/mol. The molecular formula is C15H20N4OS. The summed E-state index contributed by atoms with van der Waals surface area (Å²) in [4.78, 5) is 20.0. The van der Waals surface area contributed by atoms with Crippen molar-refractivity contribution in [1.29, 1.82) is 0 Å². The maximum atomic E-state index is 12.8. The molecule has 3 rings (SSSR count). The van der Waals surface area contributed by atoms with Crippen molar-refractivity contribution >= 4 is 17.2 Å². The fourth-order valence-electron chi connectivity index (χ4n) is 2.94. The van der Waals surface area contributed by atoms with Crippen LogP contribution in [0.1, 0.15) is 39.6 Å². The summed E-state index contributed by atoms with van der Waals surface area (Å²) < 4.78 is 1.92. The molecule has 0 aliphatic carbocycles. The lowest BCUT2D eigenvalue weighted by atomic mass is 10.0. The second-order valence-electron chi connectivity index (χ2n) is 5.52. The van der Waals surface area contributed by atoms with Crippen molar-refractivity contribution in [1.82, 2.24) is 19.7 Å². The summed E-state index contributed by atoms with van der Waals surface area (Å²) in [5, 5.41) is 5.22. The predicted octanol–water partition coefficient (Wildman–Crippen LogP) is 2.65. The second-order valence-corrected chi connectivity index (χ2v) is 6.73. The van der Waals surface area contributed by atoms with Crippen molar-refractivity contribution in [3.05, 3.63) is 34.0 Å². The highest BCUT2D eigenvalue weighted by Gasteiger charge is 2.29. The molecule has 0 N–H and O–H groups in total. The van der Waals surface area contributed by atoms with Gasteiger partial charge in [-0.3, -0.25) is 9.48 Å². The molecule has 1 atom stereocenters. The van der Waals surface area contributed by atoms with Crippen LogP contribution in [-0.2, 0) is 6.54 Å². The fourth-order valence-corrected chi connectivity index (χ4v) is 3.82. The number of carbonyl (C=O) groups is 1. The van der Waals surface area contributed by atoms with Gasteiger partial charge in [0.05, 0.1) is 23.3 Å². The summed E-state index contributed by atoms with van der Waals surface area (Å²) in [7, 11) is 0. The van der Waals surface area contributed by atoms with Crippen molar-refractivity contribution in [3.8, 4) is 0 Å². The Bertz CT molecular complexity index is 620. The van der Waals surface area contributed by atoms with Gasteiger partial charge in [-0.2, -0.15) is 5.10 Å². The minimum absolute atomic E-state index is 0.134. The van der Waals surface area contributed by atoms with Crippen LogP contribution in [0, 0.1) is 13.8 Å². The molecule has 1 saturated heterocycles. The van der Waals surface area contributed by atoms with Crippen LogP contribution in [0.25, 0.3) is 0 Å². The van der Waals surface area contributed by atoms with Crippen LogP contribution >= 0.6 is 11.3 Å². The van der Waals surface area contributed by atoms with Gasteiger partial charge in [-0.05, 0) is 39.2 Å². The average Bonchev–Trinajstić information content (AvgIpc) is 3.08.